The molecule has 0 N–H and O–H groups in total. The summed E-state index contributed by atoms with van der Waals surface area (Å²) in [6.07, 6.45) is 5.45. The quantitative estimate of drug-likeness (QED) is 0.740. The van der Waals surface area contributed by atoms with Crippen molar-refractivity contribution in [2.75, 3.05) is 32.2 Å². The van der Waals surface area contributed by atoms with Gasteiger partial charge in [0.05, 0.1) is 25.6 Å². The highest BCUT2D eigenvalue weighted by Crippen LogP contribution is 2.15. The molecule has 98 valence electrons. The highest BCUT2D eigenvalue weighted by Gasteiger charge is 2.18. The van der Waals surface area contributed by atoms with Crippen molar-refractivity contribution in [3.8, 4) is 0 Å². The SMILES string of the molecule is COC(=O)c1cnc(N(C)CC2CCCO2)cn1. The van der Waals surface area contributed by atoms with Crippen LogP contribution in [0.5, 0.6) is 0 Å². The van der Waals surface area contributed by atoms with Crippen LogP contribution in [0.1, 0.15) is 23.3 Å². The van der Waals surface area contributed by atoms with E-state index in [1.807, 2.05) is 11.9 Å². The lowest BCUT2D eigenvalue weighted by Gasteiger charge is -2.21. The van der Waals surface area contributed by atoms with Gasteiger partial charge >= 0.3 is 5.97 Å². The third-order valence-corrected chi connectivity index (χ3v) is 2.93. The summed E-state index contributed by atoms with van der Waals surface area (Å²) in [6.45, 7) is 1.62. The van der Waals surface area contributed by atoms with E-state index in [-0.39, 0.29) is 11.8 Å². The number of ether oxygens (including phenoxy) is 2. The van der Waals surface area contributed by atoms with E-state index in [2.05, 4.69) is 14.7 Å². The average molecular weight is 251 g/mol. The van der Waals surface area contributed by atoms with Crippen LogP contribution in [0.3, 0.4) is 0 Å². The number of esters is 1. The van der Waals surface area contributed by atoms with Crippen LogP contribution in [0.25, 0.3) is 0 Å². The van der Waals surface area contributed by atoms with Gasteiger partial charge in [-0.05, 0) is 12.8 Å². The summed E-state index contributed by atoms with van der Waals surface area (Å²) in [6, 6.07) is 0. The minimum absolute atomic E-state index is 0.215. The van der Waals surface area contributed by atoms with Crippen molar-refractivity contribution in [2.45, 2.75) is 18.9 Å². The lowest BCUT2D eigenvalue weighted by molar-refractivity contribution is 0.0593. The molecule has 6 heteroatoms. The van der Waals surface area contributed by atoms with Crippen LogP contribution in [-0.4, -0.2) is 49.4 Å². The fraction of sp³-hybridized carbons (Fsp3) is 0.583. The lowest BCUT2D eigenvalue weighted by Crippen LogP contribution is -2.29. The number of hydrogen-bond donors (Lipinski definition) is 0. The van der Waals surface area contributed by atoms with Gasteiger partial charge in [-0.2, -0.15) is 0 Å². The number of likely N-dealkylation sites (N-methyl/N-ethyl adjacent to an activating group) is 1. The Morgan fingerprint density at radius 3 is 2.94 bits per heavy atom. The first-order chi connectivity index (χ1) is 8.70. The highest BCUT2D eigenvalue weighted by atomic mass is 16.5. The first-order valence-corrected chi connectivity index (χ1v) is 5.94. The summed E-state index contributed by atoms with van der Waals surface area (Å²) in [5.74, 6) is 0.244. The highest BCUT2D eigenvalue weighted by molar-refractivity contribution is 5.86. The Labute approximate surface area is 106 Å². The Morgan fingerprint density at radius 2 is 2.39 bits per heavy atom. The number of methoxy groups -OCH3 is 1. The molecular formula is C12H17N3O3. The fourth-order valence-electron chi connectivity index (χ4n) is 1.92. The van der Waals surface area contributed by atoms with Crippen LogP contribution in [-0.2, 0) is 9.47 Å². The molecule has 0 aromatic carbocycles. The number of carbonyl (C=O) groups is 1. The molecule has 0 spiro atoms. The molecular weight excluding hydrogens is 234 g/mol. The van der Waals surface area contributed by atoms with E-state index in [0.717, 1.165) is 31.8 Å². The second kappa shape index (κ2) is 5.77. The Morgan fingerprint density at radius 1 is 1.56 bits per heavy atom. The van der Waals surface area contributed by atoms with Crippen molar-refractivity contribution < 1.29 is 14.3 Å². The summed E-state index contributed by atoms with van der Waals surface area (Å²) in [4.78, 5) is 21.4. The van der Waals surface area contributed by atoms with Crippen LogP contribution < -0.4 is 4.90 Å². The third-order valence-electron chi connectivity index (χ3n) is 2.93. The van der Waals surface area contributed by atoms with Crippen LogP contribution in [0.2, 0.25) is 0 Å². The monoisotopic (exact) mass is 251 g/mol. The molecule has 6 nitrogen and oxygen atoms in total. The van der Waals surface area contributed by atoms with Gasteiger partial charge in [0.15, 0.2) is 5.69 Å². The van der Waals surface area contributed by atoms with Gasteiger partial charge in [-0.1, -0.05) is 0 Å². The van der Waals surface area contributed by atoms with Crippen LogP contribution in [0.15, 0.2) is 12.4 Å². The van der Waals surface area contributed by atoms with Crippen LogP contribution in [0, 0.1) is 0 Å². The molecule has 2 heterocycles. The molecule has 1 atom stereocenters. The predicted molar refractivity (Wildman–Crippen MR) is 65.6 cm³/mol. The van der Waals surface area contributed by atoms with Gasteiger partial charge in [-0.15, -0.1) is 0 Å². The lowest BCUT2D eigenvalue weighted by atomic mass is 10.2. The topological polar surface area (TPSA) is 64.5 Å². The van der Waals surface area contributed by atoms with Gasteiger partial charge in [0, 0.05) is 20.2 Å². The summed E-state index contributed by atoms with van der Waals surface area (Å²) < 4.78 is 10.1. The number of anilines is 1. The predicted octanol–water partition coefficient (Wildman–Crippen LogP) is 0.878. The maximum atomic E-state index is 11.2. The van der Waals surface area contributed by atoms with E-state index in [4.69, 9.17) is 4.74 Å². The fourth-order valence-corrected chi connectivity index (χ4v) is 1.92. The van der Waals surface area contributed by atoms with Gasteiger partial charge in [-0.25, -0.2) is 14.8 Å². The van der Waals surface area contributed by atoms with Crippen molar-refractivity contribution in [3.63, 3.8) is 0 Å². The van der Waals surface area contributed by atoms with Crippen LogP contribution >= 0.6 is 0 Å². The number of nitrogens with zero attached hydrogens (tertiary/aromatic N) is 3. The first-order valence-electron chi connectivity index (χ1n) is 5.94. The molecule has 0 bridgehead atoms. The number of rotatable bonds is 4. The van der Waals surface area contributed by atoms with Gasteiger partial charge < -0.3 is 14.4 Å². The van der Waals surface area contributed by atoms with Gasteiger partial charge in [-0.3, -0.25) is 0 Å². The van der Waals surface area contributed by atoms with Crippen molar-refractivity contribution >= 4 is 11.8 Å². The van der Waals surface area contributed by atoms with Gasteiger partial charge in [0.2, 0.25) is 0 Å². The minimum atomic E-state index is -0.476. The van der Waals surface area contributed by atoms with E-state index < -0.39 is 5.97 Å². The van der Waals surface area contributed by atoms with E-state index in [1.54, 1.807) is 6.20 Å². The number of hydrogen-bond acceptors (Lipinski definition) is 6. The molecule has 0 radical (unpaired) electrons. The normalized spacial score (nSPS) is 18.7. The van der Waals surface area contributed by atoms with Crippen molar-refractivity contribution in [3.05, 3.63) is 18.1 Å². The average Bonchev–Trinajstić information content (AvgIpc) is 2.91. The van der Waals surface area contributed by atoms with Gasteiger partial charge in [0.25, 0.3) is 0 Å². The summed E-state index contributed by atoms with van der Waals surface area (Å²) in [5, 5.41) is 0. The largest absolute Gasteiger partial charge is 0.464 e. The molecule has 1 aliphatic rings. The second-order valence-electron chi connectivity index (χ2n) is 4.27. The van der Waals surface area contributed by atoms with Crippen molar-refractivity contribution in [1.82, 2.24) is 9.97 Å². The zero-order chi connectivity index (χ0) is 13.0. The second-order valence-corrected chi connectivity index (χ2v) is 4.27. The zero-order valence-electron chi connectivity index (χ0n) is 10.6. The van der Waals surface area contributed by atoms with E-state index in [0.29, 0.717) is 0 Å². The molecule has 0 saturated carbocycles. The van der Waals surface area contributed by atoms with Crippen molar-refractivity contribution in [2.24, 2.45) is 0 Å². The smallest absolute Gasteiger partial charge is 0.358 e. The molecule has 1 unspecified atom stereocenters. The molecule has 1 aliphatic heterocycles. The Hall–Kier alpha value is -1.69. The standard InChI is InChI=1S/C12H17N3O3/c1-15(8-9-4-3-5-18-9)11-7-13-10(6-14-11)12(16)17-2/h6-7,9H,3-5,8H2,1-2H3. The molecule has 0 amide bonds. The Bertz CT molecular complexity index is 402. The molecule has 2 rings (SSSR count). The molecule has 18 heavy (non-hydrogen) atoms. The summed E-state index contributed by atoms with van der Waals surface area (Å²) >= 11 is 0. The summed E-state index contributed by atoms with van der Waals surface area (Å²) in [5.41, 5.74) is 0.215. The number of aromatic nitrogens is 2. The first kappa shape index (κ1) is 12.8. The zero-order valence-corrected chi connectivity index (χ0v) is 10.6. The maximum Gasteiger partial charge on any atom is 0.358 e. The molecule has 0 aliphatic carbocycles. The minimum Gasteiger partial charge on any atom is -0.464 e. The van der Waals surface area contributed by atoms with E-state index in [9.17, 15) is 4.79 Å². The van der Waals surface area contributed by atoms with Gasteiger partial charge in [0.1, 0.15) is 5.82 Å². The Kier molecular flexibility index (Phi) is 4.09. The van der Waals surface area contributed by atoms with E-state index in [1.165, 1.54) is 13.3 Å². The molecule has 1 saturated heterocycles. The summed E-state index contributed by atoms with van der Waals surface area (Å²) in [7, 11) is 3.25. The maximum absolute atomic E-state index is 11.2. The van der Waals surface area contributed by atoms with Crippen LogP contribution in [0.4, 0.5) is 5.82 Å². The Balaban J connectivity index is 1.97. The molecule has 1 fully saturated rings. The molecule has 1 aromatic rings. The van der Waals surface area contributed by atoms with E-state index >= 15 is 0 Å². The number of carbonyl (C=O) groups excluding carboxylic acids is 1. The third kappa shape index (κ3) is 2.95. The molecule has 1 aromatic heterocycles. The van der Waals surface area contributed by atoms with Crippen molar-refractivity contribution in [1.29, 1.82) is 0 Å².